The van der Waals surface area contributed by atoms with Crippen LogP contribution in [-0.4, -0.2) is 17.8 Å². The summed E-state index contributed by atoms with van der Waals surface area (Å²) in [5.74, 6) is -0.624. The van der Waals surface area contributed by atoms with Crippen LogP contribution in [0.25, 0.3) is 17.4 Å². The molecule has 4 rings (SSSR count). The Labute approximate surface area is 171 Å². The number of anilines is 1. The molecule has 7 heteroatoms. The fraction of sp³-hybridized carbons (Fsp3) is 0.0455. The number of urea groups is 1. The molecule has 0 saturated carbocycles. The quantitative estimate of drug-likeness (QED) is 0.510. The van der Waals surface area contributed by atoms with Crippen LogP contribution in [0.2, 0.25) is 5.02 Å². The number of furan rings is 1. The van der Waals surface area contributed by atoms with Gasteiger partial charge in [0.1, 0.15) is 17.1 Å². The minimum Gasteiger partial charge on any atom is -0.457 e. The Morgan fingerprint density at radius 1 is 1.00 bits per heavy atom. The Bertz CT molecular complexity index is 1160. The molecule has 1 saturated heterocycles. The number of barbiturate groups is 1. The molecule has 1 N–H and O–H groups in total. The molecule has 0 unspecified atom stereocenters. The Hall–Kier alpha value is -3.64. The number of carbonyl (C=O) groups is 3. The topological polar surface area (TPSA) is 79.6 Å². The maximum atomic E-state index is 12.9. The zero-order chi connectivity index (χ0) is 20.5. The second kappa shape index (κ2) is 7.41. The summed E-state index contributed by atoms with van der Waals surface area (Å²) in [6, 6.07) is 16.8. The predicted octanol–water partition coefficient (Wildman–Crippen LogP) is 4.57. The van der Waals surface area contributed by atoms with Crippen molar-refractivity contribution in [1.29, 1.82) is 0 Å². The van der Waals surface area contributed by atoms with Gasteiger partial charge in [-0.3, -0.25) is 14.9 Å². The van der Waals surface area contributed by atoms with Crippen LogP contribution in [0.3, 0.4) is 0 Å². The van der Waals surface area contributed by atoms with E-state index < -0.39 is 17.8 Å². The van der Waals surface area contributed by atoms with Crippen molar-refractivity contribution in [3.05, 3.63) is 82.6 Å². The molecule has 29 heavy (non-hydrogen) atoms. The number of rotatable bonds is 3. The molecule has 2 heterocycles. The van der Waals surface area contributed by atoms with Gasteiger partial charge in [0, 0.05) is 10.6 Å². The first kappa shape index (κ1) is 18.7. The number of nitrogens with zero attached hydrogens (tertiary/aromatic N) is 1. The number of hydrogen-bond acceptors (Lipinski definition) is 4. The van der Waals surface area contributed by atoms with Gasteiger partial charge in [0.2, 0.25) is 0 Å². The molecule has 4 amide bonds. The lowest BCUT2D eigenvalue weighted by Gasteiger charge is -2.26. The molecule has 0 spiro atoms. The third kappa shape index (κ3) is 3.58. The van der Waals surface area contributed by atoms with E-state index >= 15 is 0 Å². The zero-order valence-corrected chi connectivity index (χ0v) is 16.1. The molecule has 2 aromatic carbocycles. The van der Waals surface area contributed by atoms with Gasteiger partial charge >= 0.3 is 6.03 Å². The summed E-state index contributed by atoms with van der Waals surface area (Å²) in [4.78, 5) is 38.3. The first-order chi connectivity index (χ1) is 13.9. The van der Waals surface area contributed by atoms with Gasteiger partial charge in [0.25, 0.3) is 11.8 Å². The Balaban J connectivity index is 1.69. The van der Waals surface area contributed by atoms with E-state index in [1.54, 1.807) is 31.2 Å². The lowest BCUT2D eigenvalue weighted by Crippen LogP contribution is -2.54. The summed E-state index contributed by atoms with van der Waals surface area (Å²) in [5.41, 5.74) is 1.72. The highest BCUT2D eigenvalue weighted by atomic mass is 35.5. The highest BCUT2D eigenvalue weighted by Crippen LogP contribution is 2.28. The van der Waals surface area contributed by atoms with Gasteiger partial charge in [-0.25, -0.2) is 9.69 Å². The van der Waals surface area contributed by atoms with E-state index in [1.807, 2.05) is 30.3 Å². The molecule has 0 bridgehead atoms. The third-order valence-corrected chi connectivity index (χ3v) is 4.89. The van der Waals surface area contributed by atoms with Crippen molar-refractivity contribution in [2.45, 2.75) is 6.92 Å². The fourth-order valence-electron chi connectivity index (χ4n) is 2.94. The maximum Gasteiger partial charge on any atom is 0.335 e. The number of benzene rings is 2. The molecule has 0 radical (unpaired) electrons. The molecule has 1 fully saturated rings. The van der Waals surface area contributed by atoms with Crippen LogP contribution >= 0.6 is 11.6 Å². The van der Waals surface area contributed by atoms with Crippen molar-refractivity contribution < 1.29 is 18.8 Å². The highest BCUT2D eigenvalue weighted by molar-refractivity contribution is 6.39. The monoisotopic (exact) mass is 406 g/mol. The van der Waals surface area contributed by atoms with Gasteiger partial charge in [0.15, 0.2) is 0 Å². The summed E-state index contributed by atoms with van der Waals surface area (Å²) in [6.45, 7) is 1.81. The van der Waals surface area contributed by atoms with Crippen molar-refractivity contribution in [3.8, 4) is 11.3 Å². The van der Waals surface area contributed by atoms with E-state index in [0.717, 1.165) is 16.0 Å². The Morgan fingerprint density at radius 2 is 1.76 bits per heavy atom. The molecule has 6 nitrogen and oxygen atoms in total. The minimum atomic E-state index is -0.832. The Morgan fingerprint density at radius 3 is 2.48 bits per heavy atom. The number of halogens is 1. The molecule has 1 aromatic heterocycles. The van der Waals surface area contributed by atoms with E-state index in [4.69, 9.17) is 16.0 Å². The number of imide groups is 2. The van der Waals surface area contributed by atoms with Crippen LogP contribution in [0.15, 0.2) is 70.7 Å². The summed E-state index contributed by atoms with van der Waals surface area (Å²) < 4.78 is 5.74. The smallest absolute Gasteiger partial charge is 0.335 e. The fourth-order valence-corrected chi connectivity index (χ4v) is 3.12. The molecule has 1 aliphatic heterocycles. The summed E-state index contributed by atoms with van der Waals surface area (Å²) in [7, 11) is 0. The van der Waals surface area contributed by atoms with Gasteiger partial charge < -0.3 is 4.42 Å². The minimum absolute atomic E-state index is 0.213. The average molecular weight is 407 g/mol. The second-order valence-corrected chi connectivity index (χ2v) is 6.87. The lowest BCUT2D eigenvalue weighted by atomic mass is 10.1. The molecule has 0 atom stereocenters. The first-order valence-corrected chi connectivity index (χ1v) is 9.15. The molecular weight excluding hydrogens is 392 g/mol. The van der Waals surface area contributed by atoms with Gasteiger partial charge in [0.05, 0.1) is 5.69 Å². The molecule has 144 valence electrons. The van der Waals surface area contributed by atoms with E-state index in [2.05, 4.69) is 5.32 Å². The van der Waals surface area contributed by atoms with Crippen molar-refractivity contribution in [1.82, 2.24) is 5.32 Å². The standard InChI is InChI=1S/C22H15ClN2O4/c1-13-7-8-15(11-18(13)23)25-21(27)17(20(26)24-22(25)28)12-16-9-10-19(29-16)14-5-3-2-4-6-14/h2-12H,1H3,(H,24,26,28)/b17-12-. The van der Waals surface area contributed by atoms with Crippen LogP contribution in [0, 0.1) is 6.92 Å². The summed E-state index contributed by atoms with van der Waals surface area (Å²) in [5, 5.41) is 2.58. The summed E-state index contributed by atoms with van der Waals surface area (Å²) >= 11 is 6.12. The van der Waals surface area contributed by atoms with Crippen LogP contribution < -0.4 is 10.2 Å². The van der Waals surface area contributed by atoms with Crippen LogP contribution in [-0.2, 0) is 9.59 Å². The molecular formula is C22H15ClN2O4. The number of carbonyl (C=O) groups excluding carboxylic acids is 3. The van der Waals surface area contributed by atoms with Gasteiger partial charge in [-0.05, 0) is 42.8 Å². The lowest BCUT2D eigenvalue weighted by molar-refractivity contribution is -0.122. The van der Waals surface area contributed by atoms with Crippen molar-refractivity contribution in [3.63, 3.8) is 0 Å². The van der Waals surface area contributed by atoms with Crippen LogP contribution in [0.1, 0.15) is 11.3 Å². The highest BCUT2D eigenvalue weighted by Gasteiger charge is 2.37. The second-order valence-electron chi connectivity index (χ2n) is 6.46. The van der Waals surface area contributed by atoms with Crippen molar-refractivity contribution in [2.24, 2.45) is 0 Å². The largest absolute Gasteiger partial charge is 0.457 e. The van der Waals surface area contributed by atoms with Crippen LogP contribution in [0.4, 0.5) is 10.5 Å². The number of nitrogens with one attached hydrogen (secondary N) is 1. The predicted molar refractivity (Wildman–Crippen MR) is 109 cm³/mol. The molecule has 1 aliphatic rings. The SMILES string of the molecule is Cc1ccc(N2C(=O)NC(=O)/C(=C/c3ccc(-c4ccccc4)o3)C2=O)cc1Cl. The van der Waals surface area contributed by atoms with E-state index in [0.29, 0.717) is 16.5 Å². The number of aryl methyl sites for hydroxylation is 1. The Kier molecular flexibility index (Phi) is 4.78. The molecule has 0 aliphatic carbocycles. The number of hydrogen-bond donors (Lipinski definition) is 1. The van der Waals surface area contributed by atoms with E-state index in [-0.39, 0.29) is 11.3 Å². The average Bonchev–Trinajstić information content (AvgIpc) is 3.17. The molecule has 3 aromatic rings. The maximum absolute atomic E-state index is 12.9. The normalized spacial score (nSPS) is 15.7. The van der Waals surface area contributed by atoms with Gasteiger partial charge in [-0.15, -0.1) is 0 Å². The third-order valence-electron chi connectivity index (χ3n) is 4.49. The summed E-state index contributed by atoms with van der Waals surface area (Å²) in [6.07, 6.45) is 1.32. The first-order valence-electron chi connectivity index (χ1n) is 8.77. The van der Waals surface area contributed by atoms with Gasteiger partial charge in [-0.1, -0.05) is 48.0 Å². The van der Waals surface area contributed by atoms with E-state index in [1.165, 1.54) is 12.1 Å². The number of amides is 4. The van der Waals surface area contributed by atoms with Crippen molar-refractivity contribution in [2.75, 3.05) is 4.90 Å². The zero-order valence-electron chi connectivity index (χ0n) is 15.3. The van der Waals surface area contributed by atoms with E-state index in [9.17, 15) is 14.4 Å². The van der Waals surface area contributed by atoms with Crippen molar-refractivity contribution >= 4 is 41.2 Å². The van der Waals surface area contributed by atoms with Gasteiger partial charge in [-0.2, -0.15) is 0 Å². The van der Waals surface area contributed by atoms with Crippen LogP contribution in [0.5, 0.6) is 0 Å².